The van der Waals surface area contributed by atoms with Crippen molar-refractivity contribution < 1.29 is 0 Å². The van der Waals surface area contributed by atoms with Crippen molar-refractivity contribution in [2.24, 2.45) is 0 Å². The summed E-state index contributed by atoms with van der Waals surface area (Å²) in [4.78, 5) is 8.31. The standard InChI is InChI=1S/C17H20ClN5/c1-3-15-16(18)17(22-11-21-15)20-10-13(9-19)12(2)23-14-7-5-4-6-8-14/h4-9,11,19,23H,3,10H2,1-2H3,(H,20,21,22)/b13-12+,19-9?. The number of aromatic nitrogens is 2. The Hall–Kier alpha value is -2.40. The van der Waals surface area contributed by atoms with Gasteiger partial charge in [-0.1, -0.05) is 36.7 Å². The molecule has 0 saturated heterocycles. The van der Waals surface area contributed by atoms with Crippen LogP contribution in [0, 0.1) is 5.41 Å². The molecule has 0 radical (unpaired) electrons. The lowest BCUT2D eigenvalue weighted by molar-refractivity contribution is 0.994. The van der Waals surface area contributed by atoms with Crippen molar-refractivity contribution in [3.8, 4) is 0 Å². The number of benzene rings is 1. The maximum Gasteiger partial charge on any atom is 0.148 e. The van der Waals surface area contributed by atoms with Gasteiger partial charge in [0.1, 0.15) is 17.2 Å². The Labute approximate surface area is 141 Å². The second kappa shape index (κ2) is 8.29. The third-order valence-electron chi connectivity index (χ3n) is 3.40. The Balaban J connectivity index is 2.10. The Morgan fingerprint density at radius 2 is 2.00 bits per heavy atom. The molecule has 2 aromatic rings. The van der Waals surface area contributed by atoms with Crippen LogP contribution in [0.15, 0.2) is 47.9 Å². The van der Waals surface area contributed by atoms with Crippen LogP contribution in [0.4, 0.5) is 11.5 Å². The molecule has 5 nitrogen and oxygen atoms in total. The summed E-state index contributed by atoms with van der Waals surface area (Å²) >= 11 is 6.27. The summed E-state index contributed by atoms with van der Waals surface area (Å²) in [7, 11) is 0. The molecular weight excluding hydrogens is 310 g/mol. The molecule has 3 N–H and O–H groups in total. The van der Waals surface area contributed by atoms with E-state index in [2.05, 4.69) is 20.6 Å². The summed E-state index contributed by atoms with van der Waals surface area (Å²) in [5.41, 5.74) is 3.52. The highest BCUT2D eigenvalue weighted by atomic mass is 35.5. The number of nitrogens with zero attached hydrogens (tertiary/aromatic N) is 2. The van der Waals surface area contributed by atoms with E-state index in [1.807, 2.05) is 44.2 Å². The van der Waals surface area contributed by atoms with Crippen LogP contribution in [0.2, 0.25) is 5.02 Å². The number of rotatable bonds is 7. The minimum absolute atomic E-state index is 0.453. The second-order valence-corrected chi connectivity index (χ2v) is 5.35. The average molecular weight is 330 g/mol. The molecule has 23 heavy (non-hydrogen) atoms. The van der Waals surface area contributed by atoms with Gasteiger partial charge in [0.15, 0.2) is 0 Å². The largest absolute Gasteiger partial charge is 0.365 e. The van der Waals surface area contributed by atoms with E-state index in [0.29, 0.717) is 17.4 Å². The van der Waals surface area contributed by atoms with Gasteiger partial charge in [-0.05, 0) is 25.5 Å². The fraction of sp³-hybridized carbons (Fsp3) is 0.235. The van der Waals surface area contributed by atoms with Crippen LogP contribution < -0.4 is 10.6 Å². The fourth-order valence-electron chi connectivity index (χ4n) is 2.07. The van der Waals surface area contributed by atoms with E-state index in [0.717, 1.165) is 29.1 Å². The summed E-state index contributed by atoms with van der Waals surface area (Å²) in [5, 5.41) is 14.6. The molecule has 1 aromatic carbocycles. The van der Waals surface area contributed by atoms with E-state index in [4.69, 9.17) is 17.0 Å². The van der Waals surface area contributed by atoms with Crippen LogP contribution in [0.3, 0.4) is 0 Å². The normalized spacial score (nSPS) is 11.6. The van der Waals surface area contributed by atoms with E-state index in [1.54, 1.807) is 0 Å². The lowest BCUT2D eigenvalue weighted by Crippen LogP contribution is -2.12. The van der Waals surface area contributed by atoms with Crippen LogP contribution in [0.5, 0.6) is 0 Å². The Kier molecular flexibility index (Phi) is 6.11. The number of halogens is 1. The van der Waals surface area contributed by atoms with Gasteiger partial charge in [0.05, 0.1) is 5.69 Å². The van der Waals surface area contributed by atoms with Gasteiger partial charge in [-0.15, -0.1) is 0 Å². The molecule has 0 atom stereocenters. The van der Waals surface area contributed by atoms with Crippen molar-refractivity contribution in [2.75, 3.05) is 17.2 Å². The molecule has 0 fully saturated rings. The van der Waals surface area contributed by atoms with Crippen LogP contribution in [-0.2, 0) is 6.42 Å². The second-order valence-electron chi connectivity index (χ2n) is 4.98. The first kappa shape index (κ1) is 17.0. The number of hydrogen-bond acceptors (Lipinski definition) is 5. The lowest BCUT2D eigenvalue weighted by atomic mass is 10.2. The molecule has 6 heteroatoms. The number of allylic oxidation sites excluding steroid dienone is 1. The molecule has 120 valence electrons. The predicted molar refractivity (Wildman–Crippen MR) is 96.5 cm³/mol. The first-order valence-electron chi connectivity index (χ1n) is 7.41. The smallest absolute Gasteiger partial charge is 0.148 e. The number of hydrogen-bond donors (Lipinski definition) is 3. The van der Waals surface area contributed by atoms with Crippen molar-refractivity contribution in [1.29, 1.82) is 5.41 Å². The van der Waals surface area contributed by atoms with Crippen molar-refractivity contribution in [3.05, 3.63) is 58.6 Å². The van der Waals surface area contributed by atoms with E-state index >= 15 is 0 Å². The zero-order valence-electron chi connectivity index (χ0n) is 13.2. The van der Waals surface area contributed by atoms with Crippen LogP contribution in [0.1, 0.15) is 19.5 Å². The zero-order valence-corrected chi connectivity index (χ0v) is 14.0. The third-order valence-corrected chi connectivity index (χ3v) is 3.80. The summed E-state index contributed by atoms with van der Waals surface area (Å²) in [6.07, 6.45) is 3.57. The molecule has 1 aromatic heterocycles. The topological polar surface area (TPSA) is 73.7 Å². The van der Waals surface area contributed by atoms with Crippen LogP contribution in [0.25, 0.3) is 0 Å². The van der Waals surface area contributed by atoms with Gasteiger partial charge in [0.2, 0.25) is 0 Å². The molecule has 0 aliphatic heterocycles. The first-order valence-corrected chi connectivity index (χ1v) is 7.79. The molecule has 0 amide bonds. The quantitative estimate of drug-likeness (QED) is 0.667. The SMILES string of the molecule is CCc1ncnc(NC/C(C=N)=C(\C)Nc2ccccc2)c1Cl. The minimum Gasteiger partial charge on any atom is -0.365 e. The predicted octanol–water partition coefficient (Wildman–Crippen LogP) is 4.14. The highest BCUT2D eigenvalue weighted by Gasteiger charge is 2.08. The molecule has 1 heterocycles. The van der Waals surface area contributed by atoms with Gasteiger partial charge in [-0.25, -0.2) is 9.97 Å². The number of nitrogens with one attached hydrogen (secondary N) is 3. The number of aryl methyl sites for hydroxylation is 1. The van der Waals surface area contributed by atoms with Gasteiger partial charge in [-0.3, -0.25) is 0 Å². The molecule has 0 saturated carbocycles. The van der Waals surface area contributed by atoms with Crippen molar-refractivity contribution in [2.45, 2.75) is 20.3 Å². The Bertz CT molecular complexity index is 697. The Morgan fingerprint density at radius 1 is 1.26 bits per heavy atom. The average Bonchev–Trinajstić information content (AvgIpc) is 2.57. The zero-order chi connectivity index (χ0) is 16.7. The van der Waals surface area contributed by atoms with E-state index in [-0.39, 0.29) is 0 Å². The molecule has 0 spiro atoms. The van der Waals surface area contributed by atoms with E-state index in [9.17, 15) is 0 Å². The molecule has 0 aliphatic rings. The lowest BCUT2D eigenvalue weighted by Gasteiger charge is -2.13. The van der Waals surface area contributed by atoms with Crippen molar-refractivity contribution in [3.63, 3.8) is 0 Å². The van der Waals surface area contributed by atoms with Crippen LogP contribution >= 0.6 is 11.6 Å². The van der Waals surface area contributed by atoms with Crippen molar-refractivity contribution >= 4 is 29.3 Å². The molecule has 0 bridgehead atoms. The molecule has 0 aliphatic carbocycles. The minimum atomic E-state index is 0.453. The third kappa shape index (κ3) is 4.53. The molecular formula is C17H20ClN5. The fourth-order valence-corrected chi connectivity index (χ4v) is 2.36. The monoisotopic (exact) mass is 329 g/mol. The summed E-state index contributed by atoms with van der Waals surface area (Å²) in [6.45, 7) is 4.39. The van der Waals surface area contributed by atoms with Crippen LogP contribution in [-0.4, -0.2) is 22.7 Å². The van der Waals surface area contributed by atoms with Gasteiger partial charge in [0, 0.05) is 29.7 Å². The Morgan fingerprint density at radius 3 is 2.65 bits per heavy atom. The first-order chi connectivity index (χ1) is 11.2. The summed E-state index contributed by atoms with van der Waals surface area (Å²) in [6, 6.07) is 9.85. The summed E-state index contributed by atoms with van der Waals surface area (Å²) < 4.78 is 0. The summed E-state index contributed by atoms with van der Waals surface area (Å²) in [5.74, 6) is 0.588. The molecule has 2 rings (SSSR count). The van der Waals surface area contributed by atoms with Gasteiger partial charge < -0.3 is 16.0 Å². The van der Waals surface area contributed by atoms with E-state index in [1.165, 1.54) is 12.5 Å². The highest BCUT2D eigenvalue weighted by Crippen LogP contribution is 2.22. The number of para-hydroxylation sites is 1. The number of anilines is 2. The van der Waals surface area contributed by atoms with Gasteiger partial charge in [0.25, 0.3) is 0 Å². The maximum atomic E-state index is 7.63. The van der Waals surface area contributed by atoms with Crippen molar-refractivity contribution in [1.82, 2.24) is 9.97 Å². The van der Waals surface area contributed by atoms with Gasteiger partial charge >= 0.3 is 0 Å². The van der Waals surface area contributed by atoms with E-state index < -0.39 is 0 Å². The van der Waals surface area contributed by atoms with Gasteiger partial charge in [-0.2, -0.15) is 0 Å². The highest BCUT2D eigenvalue weighted by molar-refractivity contribution is 6.33. The maximum absolute atomic E-state index is 7.63. The molecule has 0 unspecified atom stereocenters.